The molecule has 3 nitrogen and oxygen atoms in total. The second-order valence-corrected chi connectivity index (χ2v) is 9.59. The Labute approximate surface area is 160 Å². The van der Waals surface area contributed by atoms with Gasteiger partial charge in [-0.05, 0) is 100.0 Å². The molecule has 144 valence electrons. The standard InChI is InChI=1S/C23H29FN2O/c1-23(2,3)26-22(27)10-14-8-15-11-17(12-16(15)9-14)19-6-7-25-21-5-4-18(24)13-20(19)21/h4-7,13-17H,8-12H2,1-3H3,(H,26,27)/t14?,15-,16+,17?. The molecule has 1 aromatic heterocycles. The van der Waals surface area contributed by atoms with Crippen LogP contribution in [0.1, 0.15) is 64.4 Å². The van der Waals surface area contributed by atoms with Crippen molar-refractivity contribution in [3.8, 4) is 0 Å². The lowest BCUT2D eigenvalue weighted by atomic mass is 9.89. The van der Waals surface area contributed by atoms with E-state index in [1.807, 2.05) is 27.0 Å². The number of fused-ring (bicyclic) bond motifs is 2. The van der Waals surface area contributed by atoms with Crippen LogP contribution in [0.4, 0.5) is 4.39 Å². The van der Waals surface area contributed by atoms with Crippen molar-refractivity contribution in [2.24, 2.45) is 17.8 Å². The largest absolute Gasteiger partial charge is 0.352 e. The molecule has 4 atom stereocenters. The predicted molar refractivity (Wildman–Crippen MR) is 106 cm³/mol. The highest BCUT2D eigenvalue weighted by Crippen LogP contribution is 2.53. The molecule has 2 aliphatic rings. The Kier molecular flexibility index (Phi) is 4.69. The Balaban J connectivity index is 1.42. The number of halogens is 1. The third kappa shape index (κ3) is 3.99. The molecule has 0 aliphatic heterocycles. The zero-order valence-corrected chi connectivity index (χ0v) is 16.5. The second kappa shape index (κ2) is 6.88. The molecular weight excluding hydrogens is 339 g/mol. The summed E-state index contributed by atoms with van der Waals surface area (Å²) >= 11 is 0. The first-order valence-corrected chi connectivity index (χ1v) is 10.1. The normalized spacial score (nSPS) is 27.7. The maximum Gasteiger partial charge on any atom is 0.220 e. The molecule has 1 amide bonds. The highest BCUT2D eigenvalue weighted by Gasteiger charge is 2.42. The number of rotatable bonds is 3. The number of amides is 1. The van der Waals surface area contributed by atoms with Gasteiger partial charge in [-0.25, -0.2) is 4.39 Å². The summed E-state index contributed by atoms with van der Waals surface area (Å²) in [5, 5.41) is 4.05. The smallest absolute Gasteiger partial charge is 0.220 e. The van der Waals surface area contributed by atoms with Gasteiger partial charge in [0.15, 0.2) is 0 Å². The van der Waals surface area contributed by atoms with Gasteiger partial charge in [-0.1, -0.05) is 0 Å². The summed E-state index contributed by atoms with van der Waals surface area (Å²) in [7, 11) is 0. The highest BCUT2D eigenvalue weighted by atomic mass is 19.1. The number of hydrogen-bond donors (Lipinski definition) is 1. The molecule has 1 heterocycles. The fraction of sp³-hybridized carbons (Fsp3) is 0.565. The molecule has 2 aliphatic carbocycles. The molecule has 2 fully saturated rings. The van der Waals surface area contributed by atoms with E-state index in [9.17, 15) is 9.18 Å². The first-order valence-electron chi connectivity index (χ1n) is 10.1. The SMILES string of the molecule is CC(C)(C)NC(=O)CC1C[C@@H]2CC(c3ccnc4ccc(F)cc34)C[C@@H]2C1. The van der Waals surface area contributed by atoms with Gasteiger partial charge in [-0.3, -0.25) is 9.78 Å². The van der Waals surface area contributed by atoms with Crippen molar-refractivity contribution < 1.29 is 9.18 Å². The van der Waals surface area contributed by atoms with E-state index in [0.717, 1.165) is 36.6 Å². The van der Waals surface area contributed by atoms with E-state index in [1.165, 1.54) is 11.6 Å². The minimum Gasteiger partial charge on any atom is -0.352 e. The lowest BCUT2D eigenvalue weighted by Crippen LogP contribution is -2.41. The summed E-state index contributed by atoms with van der Waals surface area (Å²) in [4.78, 5) is 16.6. The van der Waals surface area contributed by atoms with Crippen LogP contribution in [-0.2, 0) is 4.79 Å². The Morgan fingerprint density at radius 1 is 1.15 bits per heavy atom. The number of aromatic nitrogens is 1. The topological polar surface area (TPSA) is 42.0 Å². The van der Waals surface area contributed by atoms with Gasteiger partial charge in [0.25, 0.3) is 0 Å². The molecular formula is C23H29FN2O. The van der Waals surface area contributed by atoms with Crippen LogP contribution < -0.4 is 5.32 Å². The summed E-state index contributed by atoms with van der Waals surface area (Å²) in [6.07, 6.45) is 7.10. The third-order valence-electron chi connectivity index (χ3n) is 6.28. The summed E-state index contributed by atoms with van der Waals surface area (Å²) in [6.45, 7) is 6.09. The summed E-state index contributed by atoms with van der Waals surface area (Å²) in [5.74, 6) is 2.37. The fourth-order valence-corrected chi connectivity index (χ4v) is 5.39. The van der Waals surface area contributed by atoms with Gasteiger partial charge in [0.1, 0.15) is 5.82 Å². The molecule has 1 N–H and O–H groups in total. The number of carbonyl (C=O) groups is 1. The van der Waals surface area contributed by atoms with Gasteiger partial charge in [0.2, 0.25) is 5.91 Å². The minimum absolute atomic E-state index is 0.158. The van der Waals surface area contributed by atoms with Crippen LogP contribution in [0.2, 0.25) is 0 Å². The first kappa shape index (κ1) is 18.4. The molecule has 2 unspecified atom stereocenters. The summed E-state index contributed by atoms with van der Waals surface area (Å²) < 4.78 is 13.8. The first-order chi connectivity index (χ1) is 12.8. The van der Waals surface area contributed by atoms with Gasteiger partial charge in [0, 0.05) is 23.5 Å². The highest BCUT2D eigenvalue weighted by molar-refractivity contribution is 5.82. The molecule has 0 spiro atoms. The van der Waals surface area contributed by atoms with Gasteiger partial charge in [-0.2, -0.15) is 0 Å². The maximum atomic E-state index is 13.8. The van der Waals surface area contributed by atoms with E-state index in [-0.39, 0.29) is 17.3 Å². The Bertz CT molecular complexity index is 843. The van der Waals surface area contributed by atoms with Crippen LogP contribution in [0.25, 0.3) is 10.9 Å². The minimum atomic E-state index is -0.195. The molecule has 0 saturated heterocycles. The average Bonchev–Trinajstić information content (AvgIpc) is 3.10. The van der Waals surface area contributed by atoms with Gasteiger partial charge in [-0.15, -0.1) is 0 Å². The van der Waals surface area contributed by atoms with E-state index in [2.05, 4.69) is 16.4 Å². The van der Waals surface area contributed by atoms with Gasteiger partial charge < -0.3 is 5.32 Å². The number of carbonyl (C=O) groups excluding carboxylic acids is 1. The summed E-state index contributed by atoms with van der Waals surface area (Å²) in [5.41, 5.74) is 1.97. The Morgan fingerprint density at radius 3 is 2.52 bits per heavy atom. The molecule has 4 heteroatoms. The van der Waals surface area contributed by atoms with E-state index < -0.39 is 0 Å². The van der Waals surface area contributed by atoms with Gasteiger partial charge >= 0.3 is 0 Å². The molecule has 1 aromatic carbocycles. The average molecular weight is 368 g/mol. The fourth-order valence-electron chi connectivity index (χ4n) is 5.39. The number of hydrogen-bond acceptors (Lipinski definition) is 2. The molecule has 4 rings (SSSR count). The van der Waals surface area contributed by atoms with Crippen molar-refractivity contribution in [3.63, 3.8) is 0 Å². The predicted octanol–water partition coefficient (Wildman–Crippen LogP) is 5.20. The van der Waals surface area contributed by atoms with Crippen LogP contribution in [0.5, 0.6) is 0 Å². The number of benzene rings is 1. The number of nitrogens with zero attached hydrogens (tertiary/aromatic N) is 1. The van der Waals surface area contributed by atoms with Crippen molar-refractivity contribution in [2.75, 3.05) is 0 Å². The van der Waals surface area contributed by atoms with Crippen LogP contribution in [0.3, 0.4) is 0 Å². The van der Waals surface area contributed by atoms with Crippen LogP contribution in [0, 0.1) is 23.6 Å². The summed E-state index contributed by atoms with van der Waals surface area (Å²) in [6, 6.07) is 6.96. The quantitative estimate of drug-likeness (QED) is 0.809. The van der Waals surface area contributed by atoms with Crippen LogP contribution >= 0.6 is 0 Å². The zero-order valence-electron chi connectivity index (χ0n) is 16.5. The molecule has 0 radical (unpaired) electrons. The Morgan fingerprint density at radius 2 is 1.85 bits per heavy atom. The number of nitrogens with one attached hydrogen (secondary N) is 1. The lowest BCUT2D eigenvalue weighted by molar-refractivity contribution is -0.123. The Hall–Kier alpha value is -1.97. The van der Waals surface area contributed by atoms with Crippen molar-refractivity contribution in [2.45, 2.75) is 64.3 Å². The molecule has 27 heavy (non-hydrogen) atoms. The molecule has 2 saturated carbocycles. The van der Waals surface area contributed by atoms with Crippen LogP contribution in [-0.4, -0.2) is 16.4 Å². The van der Waals surface area contributed by atoms with Gasteiger partial charge in [0.05, 0.1) is 5.52 Å². The van der Waals surface area contributed by atoms with Crippen LogP contribution in [0.15, 0.2) is 30.5 Å². The maximum absolute atomic E-state index is 13.8. The van der Waals surface area contributed by atoms with Crippen molar-refractivity contribution in [1.29, 1.82) is 0 Å². The molecule has 0 bridgehead atoms. The zero-order chi connectivity index (χ0) is 19.2. The van der Waals surface area contributed by atoms with Crippen molar-refractivity contribution in [3.05, 3.63) is 41.8 Å². The van der Waals surface area contributed by atoms with E-state index in [1.54, 1.807) is 12.1 Å². The van der Waals surface area contributed by atoms with E-state index >= 15 is 0 Å². The second-order valence-electron chi connectivity index (χ2n) is 9.59. The number of pyridine rings is 1. The molecule has 2 aromatic rings. The lowest BCUT2D eigenvalue weighted by Gasteiger charge is -2.22. The van der Waals surface area contributed by atoms with Crippen molar-refractivity contribution in [1.82, 2.24) is 10.3 Å². The van der Waals surface area contributed by atoms with E-state index in [0.29, 0.717) is 30.1 Å². The van der Waals surface area contributed by atoms with Crippen molar-refractivity contribution >= 4 is 16.8 Å². The third-order valence-corrected chi connectivity index (χ3v) is 6.28. The van der Waals surface area contributed by atoms with E-state index in [4.69, 9.17) is 0 Å². The monoisotopic (exact) mass is 368 g/mol.